The molecule has 0 bridgehead atoms. The number of halogens is 3. The number of ether oxygens (including phenoxy) is 2. The van der Waals surface area contributed by atoms with E-state index in [1.54, 1.807) is 31.2 Å². The van der Waals surface area contributed by atoms with Crippen molar-refractivity contribution in [3.05, 3.63) is 71.3 Å². The topological polar surface area (TPSA) is 35.5 Å². The molecule has 0 spiro atoms. The van der Waals surface area contributed by atoms with Gasteiger partial charge in [0, 0.05) is 6.08 Å². The van der Waals surface area contributed by atoms with Crippen LogP contribution in [-0.2, 0) is 15.7 Å². The minimum atomic E-state index is -4.41. The Kier molecular flexibility index (Phi) is 5.85. The summed E-state index contributed by atoms with van der Waals surface area (Å²) < 4.78 is 48.2. The lowest BCUT2D eigenvalue weighted by Crippen LogP contribution is -2.05. The van der Waals surface area contributed by atoms with Crippen LogP contribution < -0.4 is 4.74 Å². The first-order valence-corrected chi connectivity index (χ1v) is 7.55. The number of carbonyl (C=O) groups is 1. The minimum absolute atomic E-state index is 0.207. The number of alkyl halides is 3. The average molecular weight is 350 g/mol. The quantitative estimate of drug-likeness (QED) is 0.579. The van der Waals surface area contributed by atoms with Crippen LogP contribution in [0.25, 0.3) is 5.57 Å². The zero-order valence-corrected chi connectivity index (χ0v) is 13.8. The number of hydrogen-bond donors (Lipinski definition) is 0. The van der Waals surface area contributed by atoms with Gasteiger partial charge in [0.05, 0.1) is 19.3 Å². The summed E-state index contributed by atoms with van der Waals surface area (Å²) in [4.78, 5) is 11.8. The molecule has 0 atom stereocenters. The van der Waals surface area contributed by atoms with Crippen LogP contribution >= 0.6 is 0 Å². The van der Waals surface area contributed by atoms with Crippen LogP contribution in [0.5, 0.6) is 5.75 Å². The second kappa shape index (κ2) is 7.88. The van der Waals surface area contributed by atoms with Gasteiger partial charge in [0.2, 0.25) is 0 Å². The predicted octanol–water partition coefficient (Wildman–Crippen LogP) is 4.71. The van der Waals surface area contributed by atoms with E-state index >= 15 is 0 Å². The highest BCUT2D eigenvalue weighted by atomic mass is 19.4. The fourth-order valence-corrected chi connectivity index (χ4v) is 2.24. The highest BCUT2D eigenvalue weighted by Crippen LogP contribution is 2.31. The number of hydrogen-bond acceptors (Lipinski definition) is 3. The number of esters is 1. The van der Waals surface area contributed by atoms with Crippen molar-refractivity contribution in [1.29, 1.82) is 0 Å². The molecule has 0 aliphatic heterocycles. The second-order valence-corrected chi connectivity index (χ2v) is 5.11. The van der Waals surface area contributed by atoms with Crippen molar-refractivity contribution in [3.63, 3.8) is 0 Å². The summed E-state index contributed by atoms with van der Waals surface area (Å²) in [5, 5.41) is 0. The molecule has 0 N–H and O–H groups in total. The lowest BCUT2D eigenvalue weighted by molar-refractivity contribution is -0.138. The van der Waals surface area contributed by atoms with Crippen molar-refractivity contribution >= 4 is 11.5 Å². The normalized spacial score (nSPS) is 12.0. The van der Waals surface area contributed by atoms with Gasteiger partial charge in [0.15, 0.2) is 0 Å². The molecular formula is C19H17F3O3. The number of benzene rings is 2. The van der Waals surface area contributed by atoms with Crippen molar-refractivity contribution in [2.24, 2.45) is 0 Å². The Bertz CT molecular complexity index is 745. The van der Waals surface area contributed by atoms with Gasteiger partial charge in [0.25, 0.3) is 0 Å². The maximum absolute atomic E-state index is 12.7. The van der Waals surface area contributed by atoms with Gasteiger partial charge in [-0.25, -0.2) is 4.79 Å². The SMILES string of the molecule is CCOC(=O)C=C(c1ccc(OC)cc1)c1ccc(C(F)(F)F)cc1. The van der Waals surface area contributed by atoms with E-state index in [1.165, 1.54) is 25.3 Å². The van der Waals surface area contributed by atoms with Gasteiger partial charge in [-0.2, -0.15) is 13.2 Å². The number of carbonyl (C=O) groups excluding carboxylic acids is 1. The first-order chi connectivity index (χ1) is 11.8. The predicted molar refractivity (Wildman–Crippen MR) is 88.2 cm³/mol. The maximum atomic E-state index is 12.7. The Hall–Kier alpha value is -2.76. The van der Waals surface area contributed by atoms with Gasteiger partial charge in [-0.05, 0) is 47.9 Å². The molecule has 0 heterocycles. The summed E-state index contributed by atoms with van der Waals surface area (Å²) in [7, 11) is 1.53. The molecule has 132 valence electrons. The molecular weight excluding hydrogens is 333 g/mol. The Morgan fingerprint density at radius 3 is 1.96 bits per heavy atom. The summed E-state index contributed by atoms with van der Waals surface area (Å²) in [5.74, 6) is 0.0693. The van der Waals surface area contributed by atoms with E-state index in [0.29, 0.717) is 22.4 Å². The largest absolute Gasteiger partial charge is 0.497 e. The zero-order chi connectivity index (χ0) is 18.4. The van der Waals surface area contributed by atoms with Crippen molar-refractivity contribution in [2.45, 2.75) is 13.1 Å². The van der Waals surface area contributed by atoms with Crippen LogP contribution in [0.1, 0.15) is 23.6 Å². The van der Waals surface area contributed by atoms with Gasteiger partial charge in [0.1, 0.15) is 5.75 Å². The third-order valence-corrected chi connectivity index (χ3v) is 3.47. The van der Waals surface area contributed by atoms with Crippen molar-refractivity contribution < 1.29 is 27.4 Å². The van der Waals surface area contributed by atoms with Gasteiger partial charge >= 0.3 is 12.1 Å². The van der Waals surface area contributed by atoms with Gasteiger partial charge in [-0.1, -0.05) is 24.3 Å². The highest BCUT2D eigenvalue weighted by Gasteiger charge is 2.30. The number of methoxy groups -OCH3 is 1. The van der Waals surface area contributed by atoms with E-state index in [1.807, 2.05) is 0 Å². The molecule has 0 aliphatic rings. The van der Waals surface area contributed by atoms with Crippen LogP contribution in [0.3, 0.4) is 0 Å². The van der Waals surface area contributed by atoms with Crippen molar-refractivity contribution in [1.82, 2.24) is 0 Å². The smallest absolute Gasteiger partial charge is 0.416 e. The van der Waals surface area contributed by atoms with E-state index < -0.39 is 17.7 Å². The maximum Gasteiger partial charge on any atom is 0.416 e. The molecule has 2 aromatic carbocycles. The zero-order valence-electron chi connectivity index (χ0n) is 13.8. The fraction of sp³-hybridized carbons (Fsp3) is 0.211. The van der Waals surface area contributed by atoms with Gasteiger partial charge < -0.3 is 9.47 Å². The molecule has 6 heteroatoms. The fourth-order valence-electron chi connectivity index (χ4n) is 2.24. The third-order valence-electron chi connectivity index (χ3n) is 3.47. The Balaban J connectivity index is 2.45. The van der Waals surface area contributed by atoms with Gasteiger partial charge in [-0.15, -0.1) is 0 Å². The molecule has 0 aromatic heterocycles. The third kappa shape index (κ3) is 4.86. The summed E-state index contributed by atoms with van der Waals surface area (Å²) in [6, 6.07) is 11.5. The first-order valence-electron chi connectivity index (χ1n) is 7.55. The molecule has 0 amide bonds. The molecule has 0 aliphatic carbocycles. The second-order valence-electron chi connectivity index (χ2n) is 5.11. The molecule has 2 aromatic rings. The molecule has 0 unspecified atom stereocenters. The van der Waals surface area contributed by atoms with Crippen molar-refractivity contribution in [2.75, 3.05) is 13.7 Å². The van der Waals surface area contributed by atoms with Crippen LogP contribution in [0, 0.1) is 0 Å². The summed E-state index contributed by atoms with van der Waals surface area (Å²) >= 11 is 0. The summed E-state index contributed by atoms with van der Waals surface area (Å²) in [6.45, 7) is 1.88. The Labute approximate surface area is 143 Å². The molecule has 2 rings (SSSR count). The van der Waals surface area contributed by atoms with E-state index in [9.17, 15) is 18.0 Å². The average Bonchev–Trinajstić information content (AvgIpc) is 2.59. The van der Waals surface area contributed by atoms with Crippen LogP contribution in [0.2, 0.25) is 0 Å². The number of rotatable bonds is 5. The highest BCUT2D eigenvalue weighted by molar-refractivity contribution is 5.96. The van der Waals surface area contributed by atoms with Crippen LogP contribution in [-0.4, -0.2) is 19.7 Å². The van der Waals surface area contributed by atoms with Gasteiger partial charge in [-0.3, -0.25) is 0 Å². The lowest BCUT2D eigenvalue weighted by Gasteiger charge is -2.12. The van der Waals surface area contributed by atoms with E-state index in [4.69, 9.17) is 9.47 Å². The minimum Gasteiger partial charge on any atom is -0.497 e. The Morgan fingerprint density at radius 1 is 1.00 bits per heavy atom. The van der Waals surface area contributed by atoms with E-state index in [-0.39, 0.29) is 6.61 Å². The van der Waals surface area contributed by atoms with E-state index in [2.05, 4.69) is 0 Å². The molecule has 0 saturated carbocycles. The lowest BCUT2D eigenvalue weighted by atomic mass is 9.96. The molecule has 0 radical (unpaired) electrons. The summed E-state index contributed by atoms with van der Waals surface area (Å²) in [5.41, 5.74) is 0.858. The van der Waals surface area contributed by atoms with Crippen molar-refractivity contribution in [3.8, 4) is 5.75 Å². The first kappa shape index (κ1) is 18.6. The molecule has 25 heavy (non-hydrogen) atoms. The van der Waals surface area contributed by atoms with E-state index in [0.717, 1.165) is 12.1 Å². The standard InChI is InChI=1S/C19H17F3O3/c1-3-25-18(23)12-17(14-6-10-16(24-2)11-7-14)13-4-8-15(9-5-13)19(20,21)22/h4-12H,3H2,1-2H3. The summed E-state index contributed by atoms with van der Waals surface area (Å²) in [6.07, 6.45) is -3.14. The Morgan fingerprint density at radius 2 is 1.52 bits per heavy atom. The molecule has 0 saturated heterocycles. The van der Waals surface area contributed by atoms with Crippen LogP contribution in [0.4, 0.5) is 13.2 Å². The monoisotopic (exact) mass is 350 g/mol. The molecule has 0 fully saturated rings. The molecule has 3 nitrogen and oxygen atoms in total. The van der Waals surface area contributed by atoms with Crippen LogP contribution in [0.15, 0.2) is 54.6 Å².